The van der Waals surface area contributed by atoms with Crippen molar-refractivity contribution in [1.29, 1.82) is 0 Å². The van der Waals surface area contributed by atoms with E-state index in [-0.39, 0.29) is 43.4 Å². The molecule has 0 aliphatic carbocycles. The molecule has 0 radical (unpaired) electrons. The summed E-state index contributed by atoms with van der Waals surface area (Å²) in [6.07, 6.45) is -4.24. The molecular weight excluding hydrogens is 401 g/mol. The number of alkyl halides is 3. The molecule has 0 saturated carbocycles. The van der Waals surface area contributed by atoms with Gasteiger partial charge in [-0.25, -0.2) is 8.42 Å². The van der Waals surface area contributed by atoms with Gasteiger partial charge >= 0.3 is 6.18 Å². The van der Waals surface area contributed by atoms with Gasteiger partial charge in [0.15, 0.2) is 0 Å². The number of amides is 1. The van der Waals surface area contributed by atoms with E-state index in [0.717, 1.165) is 29.8 Å². The number of carbonyl (C=O) groups is 1. The van der Waals surface area contributed by atoms with E-state index < -0.39 is 21.8 Å². The van der Waals surface area contributed by atoms with Gasteiger partial charge in [-0.05, 0) is 46.7 Å². The zero-order chi connectivity index (χ0) is 19.7. The first-order valence-electron chi connectivity index (χ1n) is 8.14. The smallest absolute Gasteiger partial charge is 0.340 e. The van der Waals surface area contributed by atoms with E-state index in [1.54, 1.807) is 4.90 Å². The Morgan fingerprint density at radius 2 is 1.67 bits per heavy atom. The summed E-state index contributed by atoms with van der Waals surface area (Å²) in [4.78, 5) is 13.7. The molecule has 1 aromatic heterocycles. The third-order valence-corrected chi connectivity index (χ3v) is 6.99. The molecule has 1 aliphatic heterocycles. The van der Waals surface area contributed by atoms with E-state index in [2.05, 4.69) is 0 Å². The first-order chi connectivity index (χ1) is 12.7. The topological polar surface area (TPSA) is 57.7 Å². The monoisotopic (exact) mass is 418 g/mol. The summed E-state index contributed by atoms with van der Waals surface area (Å²) >= 11 is 1.50. The van der Waals surface area contributed by atoms with Crippen LogP contribution in [0.4, 0.5) is 13.2 Å². The SMILES string of the molecule is O=C(Cc1ccsc1)N1CCN(S(=O)(=O)c2ccc(C(F)(F)F)cc2)CC1. The fourth-order valence-electron chi connectivity index (χ4n) is 2.82. The average Bonchev–Trinajstić information content (AvgIpc) is 3.14. The molecule has 3 rings (SSSR count). The molecule has 1 aromatic carbocycles. The summed E-state index contributed by atoms with van der Waals surface area (Å²) in [6.45, 7) is 0.725. The van der Waals surface area contributed by atoms with Gasteiger partial charge in [-0.1, -0.05) is 0 Å². The van der Waals surface area contributed by atoms with Gasteiger partial charge in [0.25, 0.3) is 0 Å². The van der Waals surface area contributed by atoms with Crippen LogP contribution in [0, 0.1) is 0 Å². The van der Waals surface area contributed by atoms with Gasteiger partial charge in [0.05, 0.1) is 16.9 Å². The van der Waals surface area contributed by atoms with Crippen molar-refractivity contribution in [2.24, 2.45) is 0 Å². The van der Waals surface area contributed by atoms with Gasteiger partial charge in [0.2, 0.25) is 15.9 Å². The summed E-state index contributed by atoms with van der Waals surface area (Å²) in [6, 6.07) is 5.31. The lowest BCUT2D eigenvalue weighted by Gasteiger charge is -2.34. The van der Waals surface area contributed by atoms with E-state index in [9.17, 15) is 26.4 Å². The molecule has 5 nitrogen and oxygen atoms in total. The molecule has 10 heteroatoms. The number of carbonyl (C=O) groups excluding carboxylic acids is 1. The van der Waals surface area contributed by atoms with E-state index >= 15 is 0 Å². The fourth-order valence-corrected chi connectivity index (χ4v) is 4.91. The molecule has 0 N–H and O–H groups in total. The molecule has 0 spiro atoms. The van der Waals surface area contributed by atoms with Crippen LogP contribution in [-0.2, 0) is 27.4 Å². The summed E-state index contributed by atoms with van der Waals surface area (Å²) < 4.78 is 64.3. The number of halogens is 3. The molecule has 2 aromatic rings. The van der Waals surface area contributed by atoms with Crippen molar-refractivity contribution in [2.75, 3.05) is 26.2 Å². The maximum absolute atomic E-state index is 12.6. The van der Waals surface area contributed by atoms with Gasteiger partial charge in [-0.3, -0.25) is 4.79 Å². The van der Waals surface area contributed by atoms with Crippen LogP contribution in [0.15, 0.2) is 46.0 Å². The summed E-state index contributed by atoms with van der Waals surface area (Å²) in [7, 11) is -3.89. The van der Waals surface area contributed by atoms with Crippen molar-refractivity contribution >= 4 is 27.3 Å². The molecule has 27 heavy (non-hydrogen) atoms. The molecule has 146 valence electrons. The van der Waals surface area contributed by atoms with E-state index in [4.69, 9.17) is 0 Å². The zero-order valence-corrected chi connectivity index (χ0v) is 15.8. The minimum absolute atomic E-state index is 0.0695. The van der Waals surface area contributed by atoms with Crippen molar-refractivity contribution in [3.8, 4) is 0 Å². The quantitative estimate of drug-likeness (QED) is 0.767. The Kier molecular flexibility index (Phi) is 5.59. The summed E-state index contributed by atoms with van der Waals surface area (Å²) in [5.41, 5.74) is 0.0232. The van der Waals surface area contributed by atoms with Crippen molar-refractivity contribution in [3.63, 3.8) is 0 Å². The van der Waals surface area contributed by atoms with Crippen LogP contribution >= 0.6 is 11.3 Å². The van der Waals surface area contributed by atoms with Crippen molar-refractivity contribution < 1.29 is 26.4 Å². The van der Waals surface area contributed by atoms with Gasteiger partial charge < -0.3 is 4.90 Å². The molecule has 1 aliphatic rings. The first-order valence-corrected chi connectivity index (χ1v) is 10.5. The highest BCUT2D eigenvalue weighted by Gasteiger charge is 2.33. The van der Waals surface area contributed by atoms with Gasteiger partial charge in [-0.15, -0.1) is 0 Å². The third-order valence-electron chi connectivity index (χ3n) is 4.35. The number of benzene rings is 1. The highest BCUT2D eigenvalue weighted by atomic mass is 32.2. The Morgan fingerprint density at radius 1 is 1.04 bits per heavy atom. The predicted octanol–water partition coefficient (Wildman–Crippen LogP) is 2.84. The Hall–Kier alpha value is -1.91. The predicted molar refractivity (Wildman–Crippen MR) is 94.8 cm³/mol. The van der Waals surface area contributed by atoms with Crippen molar-refractivity contribution in [1.82, 2.24) is 9.21 Å². The maximum atomic E-state index is 12.6. The number of piperazine rings is 1. The lowest BCUT2D eigenvalue weighted by Crippen LogP contribution is -2.50. The van der Waals surface area contributed by atoms with Crippen LogP contribution in [0.3, 0.4) is 0 Å². The first kappa shape index (κ1) is 19.8. The van der Waals surface area contributed by atoms with E-state index in [1.807, 2.05) is 16.8 Å². The second-order valence-corrected chi connectivity index (χ2v) is 8.83. The molecule has 1 fully saturated rings. The molecule has 0 atom stereocenters. The number of hydrogen-bond acceptors (Lipinski definition) is 4. The summed E-state index contributed by atoms with van der Waals surface area (Å²) in [5.74, 6) is -0.0695. The van der Waals surface area contributed by atoms with Crippen LogP contribution in [-0.4, -0.2) is 49.7 Å². The van der Waals surface area contributed by atoms with Gasteiger partial charge in [-0.2, -0.15) is 28.8 Å². The van der Waals surface area contributed by atoms with Crippen LogP contribution in [0.1, 0.15) is 11.1 Å². The zero-order valence-electron chi connectivity index (χ0n) is 14.1. The molecule has 2 heterocycles. The fraction of sp³-hybridized carbons (Fsp3) is 0.353. The van der Waals surface area contributed by atoms with Gasteiger partial charge in [0, 0.05) is 26.2 Å². The Bertz CT molecular complexity index is 887. The average molecular weight is 418 g/mol. The molecule has 0 bridgehead atoms. The summed E-state index contributed by atoms with van der Waals surface area (Å²) in [5, 5.41) is 3.78. The largest absolute Gasteiger partial charge is 0.416 e. The van der Waals surface area contributed by atoms with Crippen LogP contribution in [0.25, 0.3) is 0 Å². The Balaban J connectivity index is 1.63. The minimum atomic E-state index is -4.52. The van der Waals surface area contributed by atoms with Crippen molar-refractivity contribution in [3.05, 3.63) is 52.2 Å². The van der Waals surface area contributed by atoms with Crippen LogP contribution in [0.2, 0.25) is 0 Å². The van der Waals surface area contributed by atoms with E-state index in [0.29, 0.717) is 0 Å². The van der Waals surface area contributed by atoms with Crippen molar-refractivity contribution in [2.45, 2.75) is 17.5 Å². The normalized spacial score (nSPS) is 16.5. The minimum Gasteiger partial charge on any atom is -0.340 e. The lowest BCUT2D eigenvalue weighted by atomic mass is 10.2. The second-order valence-electron chi connectivity index (χ2n) is 6.12. The molecule has 1 amide bonds. The van der Waals surface area contributed by atoms with Crippen LogP contribution in [0.5, 0.6) is 0 Å². The molecule has 1 saturated heterocycles. The second kappa shape index (κ2) is 7.61. The molecular formula is C17H17F3N2O3S2. The lowest BCUT2D eigenvalue weighted by molar-refractivity contribution is -0.137. The maximum Gasteiger partial charge on any atom is 0.416 e. The number of nitrogens with zero attached hydrogens (tertiary/aromatic N) is 2. The molecule has 0 unspecified atom stereocenters. The van der Waals surface area contributed by atoms with E-state index in [1.165, 1.54) is 15.6 Å². The highest BCUT2D eigenvalue weighted by Crippen LogP contribution is 2.30. The number of hydrogen-bond donors (Lipinski definition) is 0. The van der Waals surface area contributed by atoms with Gasteiger partial charge in [0.1, 0.15) is 0 Å². The Morgan fingerprint density at radius 3 is 2.19 bits per heavy atom. The van der Waals surface area contributed by atoms with Crippen LogP contribution < -0.4 is 0 Å². The number of thiophene rings is 1. The third kappa shape index (κ3) is 4.50. The number of rotatable bonds is 4. The standard InChI is InChI=1S/C17H17F3N2O3S2/c18-17(19,20)14-1-3-15(4-2-14)27(24,25)22-8-6-21(7-9-22)16(23)11-13-5-10-26-12-13/h1-5,10,12H,6-9,11H2. The number of sulfonamides is 1. The highest BCUT2D eigenvalue weighted by molar-refractivity contribution is 7.89. The Labute approximate surface area is 159 Å².